The molecule has 0 spiro atoms. The van der Waals surface area contributed by atoms with Crippen LogP contribution in [0.25, 0.3) is 0 Å². The number of hydrazine groups is 1. The molecule has 3 rings (SSSR count). The number of rotatable bonds is 6. The van der Waals surface area contributed by atoms with Crippen LogP contribution in [0.3, 0.4) is 0 Å². The summed E-state index contributed by atoms with van der Waals surface area (Å²) in [4.78, 5) is 23.9. The first kappa shape index (κ1) is 23.6. The lowest BCUT2D eigenvalue weighted by Gasteiger charge is -2.26. The molecule has 1 heterocycles. The molecule has 12 heteroatoms. The van der Waals surface area contributed by atoms with Crippen LogP contribution in [0.2, 0.25) is 0 Å². The number of hydrogen-bond acceptors (Lipinski definition) is 6. The van der Waals surface area contributed by atoms with E-state index in [1.165, 1.54) is 31.2 Å². The van der Waals surface area contributed by atoms with Crippen molar-refractivity contribution >= 4 is 21.8 Å². The van der Waals surface area contributed by atoms with Crippen LogP contribution in [0.5, 0.6) is 5.75 Å². The number of amides is 2. The van der Waals surface area contributed by atoms with E-state index < -0.39 is 44.5 Å². The third-order valence-corrected chi connectivity index (χ3v) is 6.49. The van der Waals surface area contributed by atoms with E-state index in [0.29, 0.717) is 0 Å². The van der Waals surface area contributed by atoms with Gasteiger partial charge in [-0.3, -0.25) is 20.4 Å². The monoisotopic (exact) mass is 469 g/mol. The zero-order valence-electron chi connectivity index (χ0n) is 17.0. The van der Waals surface area contributed by atoms with Crippen LogP contribution < -0.4 is 15.6 Å². The molecule has 1 aliphatic rings. The number of sulfonamides is 1. The lowest BCUT2D eigenvalue weighted by atomic mass is 10.2. The fourth-order valence-electron chi connectivity index (χ4n) is 2.83. The zero-order valence-corrected chi connectivity index (χ0v) is 17.8. The van der Waals surface area contributed by atoms with Gasteiger partial charge >= 0.3 is 0 Å². The highest BCUT2D eigenvalue weighted by molar-refractivity contribution is 7.89. The van der Waals surface area contributed by atoms with E-state index in [1.807, 2.05) is 0 Å². The second-order valence-corrected chi connectivity index (χ2v) is 8.73. The number of nitrogens with zero attached hydrogens (tertiary/aromatic N) is 1. The number of hydrogen-bond donors (Lipinski definition) is 2. The van der Waals surface area contributed by atoms with E-state index in [-0.39, 0.29) is 37.6 Å². The van der Waals surface area contributed by atoms with Crippen molar-refractivity contribution in [3.05, 3.63) is 59.7 Å². The molecule has 2 aromatic carbocycles. The summed E-state index contributed by atoms with van der Waals surface area (Å²) in [5.41, 5.74) is 4.09. The minimum absolute atomic E-state index is 0.0696. The molecule has 32 heavy (non-hydrogen) atoms. The van der Waals surface area contributed by atoms with Crippen LogP contribution in [0.4, 0.5) is 8.78 Å². The standard InChI is InChI=1S/C20H21F2N3O6S/c1-13(31-16-5-3-15(21)4-6-16)19(26)23-24-20(27)14-2-7-17(22)18(12-14)32(28,29)25-8-10-30-11-9-25/h2-7,12-13H,8-11H2,1H3,(H,23,26)(H,24,27). The van der Waals surface area contributed by atoms with Gasteiger partial charge in [-0.25, -0.2) is 17.2 Å². The Bertz CT molecular complexity index is 1090. The third kappa shape index (κ3) is 5.58. The molecule has 1 atom stereocenters. The number of ether oxygens (including phenoxy) is 2. The average molecular weight is 469 g/mol. The van der Waals surface area contributed by atoms with Gasteiger partial charge in [0, 0.05) is 18.7 Å². The summed E-state index contributed by atoms with van der Waals surface area (Å²) >= 11 is 0. The van der Waals surface area contributed by atoms with Crippen molar-refractivity contribution in [1.82, 2.24) is 15.2 Å². The van der Waals surface area contributed by atoms with E-state index in [9.17, 15) is 26.8 Å². The van der Waals surface area contributed by atoms with Crippen molar-refractivity contribution in [1.29, 1.82) is 0 Å². The Hall–Kier alpha value is -3.09. The molecular formula is C20H21F2N3O6S. The Labute approximate surface area is 183 Å². The van der Waals surface area contributed by atoms with Crippen LogP contribution in [0.1, 0.15) is 17.3 Å². The van der Waals surface area contributed by atoms with Gasteiger partial charge in [0.05, 0.1) is 13.2 Å². The fraction of sp³-hybridized carbons (Fsp3) is 0.300. The number of carbonyl (C=O) groups is 2. The van der Waals surface area contributed by atoms with Crippen molar-refractivity contribution in [2.75, 3.05) is 26.3 Å². The Kier molecular flexibility index (Phi) is 7.38. The Balaban J connectivity index is 1.64. The summed E-state index contributed by atoms with van der Waals surface area (Å²) in [6.07, 6.45) is -1.04. The van der Waals surface area contributed by atoms with Crippen LogP contribution in [0, 0.1) is 11.6 Å². The molecular weight excluding hydrogens is 448 g/mol. The molecule has 1 fully saturated rings. The first-order valence-electron chi connectivity index (χ1n) is 9.58. The fourth-order valence-corrected chi connectivity index (χ4v) is 4.33. The predicted octanol–water partition coefficient (Wildman–Crippen LogP) is 1.21. The van der Waals surface area contributed by atoms with Gasteiger partial charge in [0.25, 0.3) is 11.8 Å². The van der Waals surface area contributed by atoms with Crippen molar-refractivity contribution in [2.45, 2.75) is 17.9 Å². The summed E-state index contributed by atoms with van der Waals surface area (Å²) in [6, 6.07) is 7.87. The topological polar surface area (TPSA) is 114 Å². The number of carbonyl (C=O) groups excluding carboxylic acids is 2. The van der Waals surface area contributed by atoms with Gasteiger partial charge in [0.2, 0.25) is 10.0 Å². The second kappa shape index (κ2) is 10.0. The molecule has 0 saturated carbocycles. The van der Waals surface area contributed by atoms with Crippen molar-refractivity contribution in [3.63, 3.8) is 0 Å². The van der Waals surface area contributed by atoms with E-state index in [1.54, 1.807) is 0 Å². The lowest BCUT2D eigenvalue weighted by Crippen LogP contribution is -2.47. The van der Waals surface area contributed by atoms with Gasteiger partial charge in [0.15, 0.2) is 6.10 Å². The van der Waals surface area contributed by atoms with Gasteiger partial charge in [-0.15, -0.1) is 0 Å². The van der Waals surface area contributed by atoms with E-state index in [0.717, 1.165) is 22.5 Å². The maximum Gasteiger partial charge on any atom is 0.279 e. The summed E-state index contributed by atoms with van der Waals surface area (Å²) in [7, 11) is -4.17. The minimum Gasteiger partial charge on any atom is -0.481 e. The van der Waals surface area contributed by atoms with Crippen molar-refractivity contribution in [3.8, 4) is 5.75 Å². The number of benzene rings is 2. The molecule has 1 unspecified atom stereocenters. The van der Waals surface area contributed by atoms with Crippen molar-refractivity contribution < 1.29 is 36.3 Å². The van der Waals surface area contributed by atoms with Gasteiger partial charge in [-0.05, 0) is 49.4 Å². The highest BCUT2D eigenvalue weighted by atomic mass is 32.2. The molecule has 2 N–H and O–H groups in total. The van der Waals surface area contributed by atoms with Gasteiger partial charge in [-0.2, -0.15) is 4.31 Å². The minimum atomic E-state index is -4.17. The molecule has 1 saturated heterocycles. The molecule has 0 aliphatic carbocycles. The van der Waals surface area contributed by atoms with Gasteiger partial charge in [-0.1, -0.05) is 0 Å². The molecule has 2 aromatic rings. The molecule has 9 nitrogen and oxygen atoms in total. The second-order valence-electron chi connectivity index (χ2n) is 6.82. The molecule has 1 aliphatic heterocycles. The van der Waals surface area contributed by atoms with Crippen LogP contribution >= 0.6 is 0 Å². The molecule has 172 valence electrons. The Morgan fingerprint density at radius 2 is 1.72 bits per heavy atom. The number of nitrogens with one attached hydrogen (secondary N) is 2. The summed E-state index contributed by atoms with van der Waals surface area (Å²) in [6.45, 7) is 1.92. The molecule has 2 amide bonds. The maximum absolute atomic E-state index is 14.3. The largest absolute Gasteiger partial charge is 0.481 e. The van der Waals surface area contributed by atoms with Crippen LogP contribution in [-0.4, -0.2) is 56.9 Å². The van der Waals surface area contributed by atoms with E-state index >= 15 is 0 Å². The first-order valence-corrected chi connectivity index (χ1v) is 11.0. The predicted molar refractivity (Wildman–Crippen MR) is 108 cm³/mol. The third-order valence-electron chi connectivity index (χ3n) is 4.58. The van der Waals surface area contributed by atoms with Crippen LogP contribution in [-0.2, 0) is 19.6 Å². The summed E-state index contributed by atoms with van der Waals surface area (Å²) < 4.78 is 64.2. The number of halogens is 2. The lowest BCUT2D eigenvalue weighted by molar-refractivity contribution is -0.128. The summed E-state index contributed by atoms with van der Waals surface area (Å²) in [5, 5.41) is 0. The van der Waals surface area contributed by atoms with Crippen LogP contribution in [0.15, 0.2) is 47.4 Å². The molecule has 0 bridgehead atoms. The SMILES string of the molecule is CC(Oc1ccc(F)cc1)C(=O)NNC(=O)c1ccc(F)c(S(=O)(=O)N2CCOCC2)c1. The van der Waals surface area contributed by atoms with Crippen molar-refractivity contribution in [2.24, 2.45) is 0 Å². The summed E-state index contributed by atoms with van der Waals surface area (Å²) in [5.74, 6) is -2.79. The zero-order chi connectivity index (χ0) is 23.3. The normalized spacial score (nSPS) is 15.6. The first-order chi connectivity index (χ1) is 15.2. The highest BCUT2D eigenvalue weighted by Crippen LogP contribution is 2.22. The van der Waals surface area contributed by atoms with Gasteiger partial charge < -0.3 is 9.47 Å². The Morgan fingerprint density at radius 1 is 1.06 bits per heavy atom. The quantitative estimate of drug-likeness (QED) is 0.615. The maximum atomic E-state index is 14.3. The van der Waals surface area contributed by atoms with E-state index in [4.69, 9.17) is 9.47 Å². The highest BCUT2D eigenvalue weighted by Gasteiger charge is 2.30. The van der Waals surface area contributed by atoms with E-state index in [2.05, 4.69) is 10.9 Å². The van der Waals surface area contributed by atoms with Gasteiger partial charge in [0.1, 0.15) is 22.3 Å². The smallest absolute Gasteiger partial charge is 0.279 e. The Morgan fingerprint density at radius 3 is 2.38 bits per heavy atom. The number of morpholine rings is 1. The molecule has 0 aromatic heterocycles. The average Bonchev–Trinajstić information content (AvgIpc) is 2.79. The molecule has 0 radical (unpaired) electrons.